The Morgan fingerprint density at radius 3 is 2.68 bits per heavy atom. The number of anilines is 1. The Bertz CT molecular complexity index is 1290. The van der Waals surface area contributed by atoms with Gasteiger partial charge in [0.05, 0.1) is 5.02 Å². The second-order valence-corrected chi connectivity index (χ2v) is 9.42. The van der Waals surface area contributed by atoms with E-state index in [2.05, 4.69) is 25.2 Å². The molecule has 0 radical (unpaired) electrons. The molecule has 174 valence electrons. The largest absolute Gasteiger partial charge is 0.484 e. The highest BCUT2D eigenvalue weighted by molar-refractivity contribution is 8.00. The van der Waals surface area contributed by atoms with Crippen LogP contribution in [0.1, 0.15) is 41.3 Å². The molecule has 1 fully saturated rings. The van der Waals surface area contributed by atoms with Crippen LogP contribution in [0.3, 0.4) is 0 Å². The van der Waals surface area contributed by atoms with Gasteiger partial charge in [-0.2, -0.15) is 0 Å². The van der Waals surface area contributed by atoms with Crippen LogP contribution in [0.2, 0.25) is 5.02 Å². The first-order valence-corrected chi connectivity index (χ1v) is 12.1. The third kappa shape index (κ3) is 5.10. The molecule has 0 aliphatic heterocycles. The molecule has 1 amide bonds. The van der Waals surface area contributed by atoms with Gasteiger partial charge in [-0.15, -0.1) is 10.2 Å². The maximum atomic E-state index is 13.3. The monoisotopic (exact) mass is 495 g/mol. The van der Waals surface area contributed by atoms with Gasteiger partial charge in [0.1, 0.15) is 23.4 Å². The number of aromatic nitrogens is 4. The van der Waals surface area contributed by atoms with Crippen molar-refractivity contribution in [2.75, 3.05) is 5.32 Å². The van der Waals surface area contributed by atoms with Crippen molar-refractivity contribution in [3.8, 4) is 5.75 Å². The summed E-state index contributed by atoms with van der Waals surface area (Å²) in [4.78, 5) is 13.3. The maximum Gasteiger partial charge on any atom is 0.243 e. The van der Waals surface area contributed by atoms with Crippen LogP contribution in [0.4, 0.5) is 5.82 Å². The summed E-state index contributed by atoms with van der Waals surface area (Å²) in [6.45, 7) is 2.00. The lowest BCUT2D eigenvalue weighted by Gasteiger charge is -2.17. The molecule has 1 unspecified atom stereocenters. The van der Waals surface area contributed by atoms with E-state index in [-0.39, 0.29) is 12.5 Å². The maximum absolute atomic E-state index is 13.3. The summed E-state index contributed by atoms with van der Waals surface area (Å²) in [7, 11) is 0. The van der Waals surface area contributed by atoms with Crippen LogP contribution in [0.25, 0.3) is 0 Å². The van der Waals surface area contributed by atoms with E-state index in [1.807, 2.05) is 48.5 Å². The van der Waals surface area contributed by atoms with Gasteiger partial charge in [0.15, 0.2) is 16.8 Å². The Labute approximate surface area is 205 Å². The van der Waals surface area contributed by atoms with Gasteiger partial charge in [-0.1, -0.05) is 71.0 Å². The summed E-state index contributed by atoms with van der Waals surface area (Å²) >= 11 is 7.58. The molecule has 2 heterocycles. The van der Waals surface area contributed by atoms with E-state index in [4.69, 9.17) is 20.9 Å². The van der Waals surface area contributed by atoms with Crippen LogP contribution in [0, 0.1) is 6.92 Å². The molecule has 1 N–H and O–H groups in total. The molecule has 4 aromatic rings. The van der Waals surface area contributed by atoms with Crippen LogP contribution in [0.15, 0.2) is 70.3 Å². The first-order chi connectivity index (χ1) is 16.6. The van der Waals surface area contributed by atoms with Crippen LogP contribution >= 0.6 is 23.4 Å². The molecule has 1 atom stereocenters. The van der Waals surface area contributed by atoms with Crippen LogP contribution in [-0.4, -0.2) is 25.8 Å². The summed E-state index contributed by atoms with van der Waals surface area (Å²) in [6, 6.07) is 18.9. The van der Waals surface area contributed by atoms with Crippen LogP contribution in [-0.2, 0) is 11.4 Å². The molecular formula is C24H22ClN5O3S. The number of rotatable bonds is 9. The molecule has 1 saturated carbocycles. The fourth-order valence-corrected chi connectivity index (χ4v) is 4.83. The van der Waals surface area contributed by atoms with Gasteiger partial charge >= 0.3 is 0 Å². The summed E-state index contributed by atoms with van der Waals surface area (Å²) in [5.41, 5.74) is 0.851. The Balaban J connectivity index is 1.39. The van der Waals surface area contributed by atoms with Crippen molar-refractivity contribution in [3.05, 3.63) is 82.8 Å². The molecule has 0 bridgehead atoms. The molecule has 1 aliphatic carbocycles. The first kappa shape index (κ1) is 22.5. The molecule has 1 aliphatic rings. The standard InChI is InChI=1S/C24H22ClN5O3S/c1-15-13-20(29-33-15)26-23(31)22(16-7-3-2-4-8-16)34-24-28-27-21(30(24)17-11-12-17)14-32-19-10-6-5-9-18(19)25/h2-10,13,17,22H,11-12,14H2,1H3,(H,26,29,31). The number of nitrogens with zero attached hydrogens (tertiary/aromatic N) is 4. The number of benzene rings is 2. The van der Waals surface area contributed by atoms with E-state index in [0.29, 0.717) is 39.4 Å². The molecule has 5 rings (SSSR count). The molecule has 10 heteroatoms. The van der Waals surface area contributed by atoms with Crippen molar-refractivity contribution in [2.45, 2.75) is 42.8 Å². The number of carbonyl (C=O) groups excluding carboxylic acids is 1. The van der Waals surface area contributed by atoms with E-state index in [0.717, 1.165) is 18.4 Å². The number of aryl methyl sites for hydroxylation is 1. The topological polar surface area (TPSA) is 95.1 Å². The minimum absolute atomic E-state index is 0.219. The van der Waals surface area contributed by atoms with E-state index < -0.39 is 5.25 Å². The van der Waals surface area contributed by atoms with E-state index >= 15 is 0 Å². The number of hydrogen-bond donors (Lipinski definition) is 1. The predicted molar refractivity (Wildman–Crippen MR) is 129 cm³/mol. The van der Waals surface area contributed by atoms with E-state index in [1.165, 1.54) is 11.8 Å². The molecule has 0 saturated heterocycles. The highest BCUT2D eigenvalue weighted by Gasteiger charge is 2.33. The minimum atomic E-state index is -0.558. The second kappa shape index (κ2) is 9.90. The molecule has 2 aromatic carbocycles. The Hall–Kier alpha value is -3.30. The lowest BCUT2D eigenvalue weighted by Crippen LogP contribution is -2.20. The fraction of sp³-hybridized carbons (Fsp3) is 0.250. The normalized spacial score (nSPS) is 14.1. The van der Waals surface area contributed by atoms with Crippen molar-refractivity contribution >= 4 is 35.1 Å². The molecule has 34 heavy (non-hydrogen) atoms. The summed E-state index contributed by atoms with van der Waals surface area (Å²) < 4.78 is 13.1. The van der Waals surface area contributed by atoms with Crippen molar-refractivity contribution in [2.24, 2.45) is 0 Å². The number of thioether (sulfide) groups is 1. The van der Waals surface area contributed by atoms with E-state index in [1.54, 1.807) is 19.1 Å². The highest BCUT2D eigenvalue weighted by atomic mass is 35.5. The highest BCUT2D eigenvalue weighted by Crippen LogP contribution is 2.43. The average Bonchev–Trinajstić information content (AvgIpc) is 3.48. The van der Waals surface area contributed by atoms with Crippen molar-refractivity contribution in [3.63, 3.8) is 0 Å². The van der Waals surface area contributed by atoms with Crippen molar-refractivity contribution in [1.29, 1.82) is 0 Å². The number of ether oxygens (including phenoxy) is 1. The first-order valence-electron chi connectivity index (χ1n) is 10.9. The van der Waals surface area contributed by atoms with Gasteiger partial charge in [-0.05, 0) is 37.5 Å². The van der Waals surface area contributed by atoms with Gasteiger partial charge in [0, 0.05) is 12.1 Å². The predicted octanol–water partition coefficient (Wildman–Crippen LogP) is 5.61. The zero-order valence-corrected chi connectivity index (χ0v) is 19.9. The van der Waals surface area contributed by atoms with Crippen LogP contribution in [0.5, 0.6) is 5.75 Å². The second-order valence-electron chi connectivity index (χ2n) is 7.94. The lowest BCUT2D eigenvalue weighted by molar-refractivity contribution is -0.115. The van der Waals surface area contributed by atoms with Crippen molar-refractivity contribution < 1.29 is 14.1 Å². The van der Waals surface area contributed by atoms with Gasteiger partial charge in [0.2, 0.25) is 5.91 Å². The number of halogens is 1. The Morgan fingerprint density at radius 2 is 1.97 bits per heavy atom. The van der Waals surface area contributed by atoms with Gasteiger partial charge in [-0.25, -0.2) is 0 Å². The summed E-state index contributed by atoms with van der Waals surface area (Å²) in [5.74, 6) is 2.07. The minimum Gasteiger partial charge on any atom is -0.484 e. The van der Waals surface area contributed by atoms with Crippen LogP contribution < -0.4 is 10.1 Å². The number of para-hydroxylation sites is 1. The smallest absolute Gasteiger partial charge is 0.243 e. The SMILES string of the molecule is Cc1cc(NC(=O)C(Sc2nnc(COc3ccccc3Cl)n2C2CC2)c2ccccc2)no1. The average molecular weight is 496 g/mol. The zero-order valence-electron chi connectivity index (χ0n) is 18.3. The summed E-state index contributed by atoms with van der Waals surface area (Å²) in [5, 5.41) is 16.2. The van der Waals surface area contributed by atoms with Gasteiger partial charge in [-0.3, -0.25) is 9.36 Å². The Morgan fingerprint density at radius 1 is 1.21 bits per heavy atom. The quantitative estimate of drug-likeness (QED) is 0.301. The number of hydrogen-bond acceptors (Lipinski definition) is 7. The molecule has 0 spiro atoms. The number of amides is 1. The summed E-state index contributed by atoms with van der Waals surface area (Å²) in [6.07, 6.45) is 2.07. The Kier molecular flexibility index (Phi) is 6.55. The number of nitrogens with one attached hydrogen (secondary N) is 1. The molecular weight excluding hydrogens is 474 g/mol. The number of carbonyl (C=O) groups is 1. The van der Waals surface area contributed by atoms with Gasteiger partial charge < -0.3 is 14.6 Å². The van der Waals surface area contributed by atoms with Crippen molar-refractivity contribution in [1.82, 2.24) is 19.9 Å². The van der Waals surface area contributed by atoms with Gasteiger partial charge in [0.25, 0.3) is 0 Å². The zero-order chi connectivity index (χ0) is 23.5. The molecule has 2 aromatic heterocycles. The fourth-order valence-electron chi connectivity index (χ4n) is 3.51. The lowest BCUT2D eigenvalue weighted by atomic mass is 10.1. The van der Waals surface area contributed by atoms with E-state index in [9.17, 15) is 4.79 Å². The molecule has 8 nitrogen and oxygen atoms in total. The third-order valence-corrected chi connectivity index (χ3v) is 6.81. The third-order valence-electron chi connectivity index (χ3n) is 5.28.